The van der Waals surface area contributed by atoms with Crippen molar-refractivity contribution in [2.24, 2.45) is 0 Å². The highest BCUT2D eigenvalue weighted by atomic mass is 35.7. The molecule has 0 aromatic heterocycles. The molecule has 1 aromatic rings. The fraction of sp³-hybridized carbons (Fsp3) is 0.167. The van der Waals surface area contributed by atoms with Crippen molar-refractivity contribution in [3.05, 3.63) is 53.9 Å². The second-order valence-corrected chi connectivity index (χ2v) is 7.08. The minimum atomic E-state index is -2.84. The van der Waals surface area contributed by atoms with Gasteiger partial charge in [0.05, 0.1) is 0 Å². The highest BCUT2D eigenvalue weighted by Crippen LogP contribution is 2.59. The average molecular weight is 239 g/mol. The molecule has 0 N–H and O–H groups in total. The molecule has 1 nitrogen and oxygen atoms in total. The zero-order valence-electron chi connectivity index (χ0n) is 8.27. The van der Waals surface area contributed by atoms with Gasteiger partial charge in [-0.2, -0.15) is 0 Å². The Morgan fingerprint density at radius 1 is 1.20 bits per heavy atom. The van der Waals surface area contributed by atoms with E-state index in [-0.39, 0.29) is 0 Å². The maximum atomic E-state index is 12.4. The first-order valence-corrected chi connectivity index (χ1v) is 7.54. The predicted molar refractivity (Wildman–Crippen MR) is 66.0 cm³/mol. The van der Waals surface area contributed by atoms with Crippen LogP contribution in [0, 0.1) is 0 Å². The van der Waals surface area contributed by atoms with Crippen LogP contribution < -0.4 is 5.30 Å². The van der Waals surface area contributed by atoms with Crippen molar-refractivity contribution < 1.29 is 4.57 Å². The molecule has 1 aromatic carbocycles. The number of halogens is 1. The molecule has 15 heavy (non-hydrogen) atoms. The fourth-order valence-electron chi connectivity index (χ4n) is 1.62. The van der Waals surface area contributed by atoms with E-state index in [1.54, 1.807) is 0 Å². The lowest BCUT2D eigenvalue weighted by atomic mass is 10.2. The summed E-state index contributed by atoms with van der Waals surface area (Å²) in [4.78, 5) is 0. The number of hydrogen-bond acceptors (Lipinski definition) is 1. The molecule has 0 spiro atoms. The quantitative estimate of drug-likeness (QED) is 0.710. The molecule has 0 amide bonds. The van der Waals surface area contributed by atoms with Crippen LogP contribution in [-0.4, -0.2) is 0 Å². The van der Waals surface area contributed by atoms with Gasteiger partial charge in [-0.25, -0.2) is 0 Å². The Morgan fingerprint density at radius 3 is 2.53 bits per heavy atom. The molecule has 78 valence electrons. The molecular formula is C12H12ClOP. The predicted octanol–water partition coefficient (Wildman–Crippen LogP) is 4.06. The van der Waals surface area contributed by atoms with Gasteiger partial charge in [0.1, 0.15) is 0 Å². The summed E-state index contributed by atoms with van der Waals surface area (Å²) in [6.07, 6.45) is 7.59. The first-order chi connectivity index (χ1) is 7.21. The summed E-state index contributed by atoms with van der Waals surface area (Å²) in [5.74, 6) is 0. The molecule has 3 heteroatoms. The second-order valence-electron chi connectivity index (χ2n) is 3.49. The Balaban J connectivity index is 2.39. The zero-order chi connectivity index (χ0) is 10.7. The Kier molecular flexibility index (Phi) is 3.14. The first-order valence-electron chi connectivity index (χ1n) is 4.93. The monoisotopic (exact) mass is 238 g/mol. The Labute approximate surface area is 94.6 Å². The van der Waals surface area contributed by atoms with Gasteiger partial charge in [0, 0.05) is 10.6 Å². The first kappa shape index (κ1) is 10.7. The molecule has 1 aliphatic carbocycles. The van der Waals surface area contributed by atoms with Gasteiger partial charge in [-0.15, -0.1) is 0 Å². The Hall–Kier alpha value is -0.780. The summed E-state index contributed by atoms with van der Waals surface area (Å²) in [6.45, 7) is -2.84. The third-order valence-electron chi connectivity index (χ3n) is 2.45. The van der Waals surface area contributed by atoms with Crippen LogP contribution in [0.25, 0.3) is 0 Å². The molecule has 0 saturated heterocycles. The highest BCUT2D eigenvalue weighted by molar-refractivity contribution is 7.98. The molecule has 2 rings (SSSR count). The molecule has 0 aliphatic heterocycles. The van der Waals surface area contributed by atoms with Crippen LogP contribution in [0.1, 0.15) is 12.8 Å². The summed E-state index contributed by atoms with van der Waals surface area (Å²) in [7, 11) is 0. The van der Waals surface area contributed by atoms with Crippen molar-refractivity contribution >= 4 is 23.0 Å². The highest BCUT2D eigenvalue weighted by Gasteiger charge is 2.26. The van der Waals surface area contributed by atoms with Crippen molar-refractivity contribution in [1.29, 1.82) is 0 Å². The fourth-order valence-corrected chi connectivity index (χ4v) is 3.96. The molecule has 1 aliphatic rings. The van der Waals surface area contributed by atoms with Gasteiger partial charge in [-0.3, -0.25) is 4.57 Å². The molecule has 0 fully saturated rings. The van der Waals surface area contributed by atoms with Crippen molar-refractivity contribution in [2.75, 3.05) is 0 Å². The van der Waals surface area contributed by atoms with Gasteiger partial charge in [0.25, 0.3) is 0 Å². The number of benzene rings is 1. The smallest absolute Gasteiger partial charge is 0.221 e. The van der Waals surface area contributed by atoms with Crippen LogP contribution in [0.3, 0.4) is 0 Å². The van der Waals surface area contributed by atoms with Gasteiger partial charge in [0.15, 0.2) is 0 Å². The van der Waals surface area contributed by atoms with Gasteiger partial charge < -0.3 is 0 Å². The van der Waals surface area contributed by atoms with Gasteiger partial charge in [-0.05, 0) is 24.1 Å². The summed E-state index contributed by atoms with van der Waals surface area (Å²) >= 11 is 6.19. The lowest BCUT2D eigenvalue weighted by Gasteiger charge is -2.16. The normalized spacial score (nSPS) is 19.4. The van der Waals surface area contributed by atoms with Crippen LogP contribution in [0.2, 0.25) is 0 Å². The van der Waals surface area contributed by atoms with Crippen molar-refractivity contribution in [2.45, 2.75) is 12.8 Å². The van der Waals surface area contributed by atoms with Gasteiger partial charge in [-0.1, -0.05) is 48.6 Å². The molecule has 0 bridgehead atoms. The number of allylic oxidation sites excluding steroid dienone is 4. The zero-order valence-corrected chi connectivity index (χ0v) is 9.92. The summed E-state index contributed by atoms with van der Waals surface area (Å²) in [5, 5.41) is 1.59. The van der Waals surface area contributed by atoms with Gasteiger partial charge in [0.2, 0.25) is 6.49 Å². The topological polar surface area (TPSA) is 17.1 Å². The molecule has 0 saturated carbocycles. The van der Waals surface area contributed by atoms with E-state index in [0.29, 0.717) is 0 Å². The standard InChI is InChI=1S/C12H12ClOP/c13-15(14,11-7-3-1-4-8-11)12-9-5-2-6-10-12/h1-5,7-9H,6,10H2. The molecule has 1 unspecified atom stereocenters. The average Bonchev–Trinajstić information content (AvgIpc) is 2.31. The number of hydrogen-bond donors (Lipinski definition) is 0. The van der Waals surface area contributed by atoms with Crippen molar-refractivity contribution in [3.63, 3.8) is 0 Å². The minimum Gasteiger partial charge on any atom is -0.297 e. The van der Waals surface area contributed by atoms with E-state index in [4.69, 9.17) is 11.2 Å². The van der Waals surface area contributed by atoms with Crippen LogP contribution in [0.4, 0.5) is 0 Å². The van der Waals surface area contributed by atoms with Crippen LogP contribution in [0.15, 0.2) is 53.9 Å². The SMILES string of the molecule is O=P(Cl)(C1=CC=CCC1)c1ccccc1. The van der Waals surface area contributed by atoms with E-state index in [2.05, 4.69) is 6.08 Å². The molecule has 0 heterocycles. The van der Waals surface area contributed by atoms with Crippen LogP contribution >= 0.6 is 17.7 Å². The maximum Gasteiger partial charge on any atom is 0.221 e. The summed E-state index contributed by atoms with van der Waals surface area (Å²) < 4.78 is 12.4. The van der Waals surface area contributed by atoms with E-state index in [1.165, 1.54) is 0 Å². The third kappa shape index (κ3) is 2.25. The lowest BCUT2D eigenvalue weighted by molar-refractivity contribution is 0.592. The maximum absolute atomic E-state index is 12.4. The molecule has 0 radical (unpaired) electrons. The molecular weight excluding hydrogens is 227 g/mol. The van der Waals surface area contributed by atoms with E-state index in [1.807, 2.05) is 42.5 Å². The Morgan fingerprint density at radius 2 is 1.93 bits per heavy atom. The van der Waals surface area contributed by atoms with Crippen molar-refractivity contribution in [1.82, 2.24) is 0 Å². The third-order valence-corrected chi connectivity index (χ3v) is 5.76. The second kappa shape index (κ2) is 4.38. The van der Waals surface area contributed by atoms with Crippen LogP contribution in [-0.2, 0) is 4.57 Å². The largest absolute Gasteiger partial charge is 0.297 e. The minimum absolute atomic E-state index is 0.730. The van der Waals surface area contributed by atoms with E-state index in [0.717, 1.165) is 23.5 Å². The Bertz CT molecular complexity index is 448. The van der Waals surface area contributed by atoms with Crippen molar-refractivity contribution in [3.8, 4) is 0 Å². The molecule has 1 atom stereocenters. The summed E-state index contributed by atoms with van der Waals surface area (Å²) in [5.41, 5.74) is 0. The van der Waals surface area contributed by atoms with E-state index < -0.39 is 6.49 Å². The van der Waals surface area contributed by atoms with E-state index >= 15 is 0 Å². The lowest BCUT2D eigenvalue weighted by Crippen LogP contribution is -2.02. The number of rotatable bonds is 2. The summed E-state index contributed by atoms with van der Waals surface area (Å²) in [6, 6.07) is 9.28. The van der Waals surface area contributed by atoms with Crippen LogP contribution in [0.5, 0.6) is 0 Å². The van der Waals surface area contributed by atoms with E-state index in [9.17, 15) is 4.57 Å². The van der Waals surface area contributed by atoms with Gasteiger partial charge >= 0.3 is 0 Å².